The van der Waals surface area contributed by atoms with Crippen LogP contribution in [0.1, 0.15) is 23.6 Å². The molecule has 0 bridgehead atoms. The lowest BCUT2D eigenvalue weighted by atomic mass is 10.1. The van der Waals surface area contributed by atoms with Crippen molar-refractivity contribution in [1.82, 2.24) is 9.78 Å². The minimum Gasteiger partial charge on any atom is -0.324 e. The van der Waals surface area contributed by atoms with E-state index in [1.165, 1.54) is 10.7 Å². The van der Waals surface area contributed by atoms with Crippen molar-refractivity contribution in [2.75, 3.05) is 10.6 Å². The molecule has 0 aliphatic carbocycles. The highest BCUT2D eigenvalue weighted by molar-refractivity contribution is 6.02. The second kappa shape index (κ2) is 7.12. The zero-order chi connectivity index (χ0) is 20.7. The lowest BCUT2D eigenvalue weighted by molar-refractivity contribution is -0.125. The number of benzene rings is 2. The van der Waals surface area contributed by atoms with Crippen LogP contribution in [-0.4, -0.2) is 21.6 Å². The van der Waals surface area contributed by atoms with Gasteiger partial charge >= 0.3 is 0 Å². The molecular formula is C21H18F2N4O2. The monoisotopic (exact) mass is 396 g/mol. The summed E-state index contributed by atoms with van der Waals surface area (Å²) in [6.45, 7) is 3.80. The molecule has 1 aromatic heterocycles. The van der Waals surface area contributed by atoms with E-state index in [-0.39, 0.29) is 18.0 Å². The molecule has 2 N–H and O–H groups in total. The van der Waals surface area contributed by atoms with Crippen molar-refractivity contribution in [3.63, 3.8) is 0 Å². The van der Waals surface area contributed by atoms with Crippen LogP contribution in [0.3, 0.4) is 0 Å². The van der Waals surface area contributed by atoms with Crippen molar-refractivity contribution in [3.05, 3.63) is 65.2 Å². The molecule has 1 unspecified atom stereocenters. The van der Waals surface area contributed by atoms with Crippen molar-refractivity contribution in [1.29, 1.82) is 0 Å². The first-order valence-electron chi connectivity index (χ1n) is 9.05. The predicted molar refractivity (Wildman–Crippen MR) is 104 cm³/mol. The highest BCUT2D eigenvalue weighted by atomic mass is 19.2. The van der Waals surface area contributed by atoms with Gasteiger partial charge in [0.1, 0.15) is 11.9 Å². The summed E-state index contributed by atoms with van der Waals surface area (Å²) in [6.07, 6.45) is -0.114. The maximum Gasteiger partial charge on any atom is 0.249 e. The van der Waals surface area contributed by atoms with Gasteiger partial charge in [-0.25, -0.2) is 13.5 Å². The lowest BCUT2D eigenvalue weighted by Gasteiger charge is -2.24. The average Bonchev–Trinajstić information content (AvgIpc) is 3.01. The van der Waals surface area contributed by atoms with E-state index in [2.05, 4.69) is 15.7 Å². The number of aromatic nitrogens is 2. The minimum absolute atomic E-state index is 0.101. The number of nitrogens with zero attached hydrogens (tertiary/aromatic N) is 2. The Balaban J connectivity index is 1.69. The first kappa shape index (κ1) is 18.8. The van der Waals surface area contributed by atoms with Gasteiger partial charge in [-0.15, -0.1) is 0 Å². The van der Waals surface area contributed by atoms with Crippen LogP contribution in [0.15, 0.2) is 42.5 Å². The maximum atomic E-state index is 13.4. The second-order valence-electron chi connectivity index (χ2n) is 7.02. The van der Waals surface area contributed by atoms with Crippen LogP contribution in [0.4, 0.5) is 20.3 Å². The number of hydrogen-bond donors (Lipinski definition) is 2. The fourth-order valence-corrected chi connectivity index (χ4v) is 3.33. The van der Waals surface area contributed by atoms with Gasteiger partial charge in [-0.2, -0.15) is 5.10 Å². The Bertz CT molecular complexity index is 1120. The number of fused-ring (bicyclic) bond motifs is 1. The summed E-state index contributed by atoms with van der Waals surface area (Å²) in [5.74, 6) is -2.48. The first-order valence-corrected chi connectivity index (χ1v) is 9.05. The van der Waals surface area contributed by atoms with Crippen LogP contribution in [0.5, 0.6) is 0 Å². The Hall–Kier alpha value is -3.55. The minimum atomic E-state index is -1.07. The summed E-state index contributed by atoms with van der Waals surface area (Å²) in [4.78, 5) is 25.0. The predicted octanol–water partition coefficient (Wildman–Crippen LogP) is 3.97. The Labute approximate surface area is 165 Å². The zero-order valence-electron chi connectivity index (χ0n) is 15.8. The number of amides is 2. The van der Waals surface area contributed by atoms with Crippen molar-refractivity contribution in [2.24, 2.45) is 0 Å². The molecule has 1 atom stereocenters. The fraction of sp³-hybridized carbons (Fsp3) is 0.190. The molecule has 0 radical (unpaired) electrons. The van der Waals surface area contributed by atoms with Gasteiger partial charge < -0.3 is 10.6 Å². The summed E-state index contributed by atoms with van der Waals surface area (Å²) in [5.41, 5.74) is 3.47. The van der Waals surface area contributed by atoms with Gasteiger partial charge in [-0.05, 0) is 26.0 Å². The quantitative estimate of drug-likeness (QED) is 0.704. The molecule has 6 nitrogen and oxygen atoms in total. The van der Waals surface area contributed by atoms with Gasteiger partial charge in [0.25, 0.3) is 0 Å². The van der Waals surface area contributed by atoms with E-state index in [4.69, 9.17) is 0 Å². The number of rotatable bonds is 3. The van der Waals surface area contributed by atoms with Gasteiger partial charge in [-0.3, -0.25) is 9.59 Å². The maximum absolute atomic E-state index is 13.4. The van der Waals surface area contributed by atoms with Gasteiger partial charge in [0, 0.05) is 22.9 Å². The number of carbonyl (C=O) groups excluding carboxylic acids is 2. The zero-order valence-corrected chi connectivity index (χ0v) is 15.8. The molecule has 0 saturated carbocycles. The van der Waals surface area contributed by atoms with Gasteiger partial charge in [0.15, 0.2) is 11.6 Å². The van der Waals surface area contributed by atoms with Crippen LogP contribution in [-0.2, 0) is 9.59 Å². The number of carbonyl (C=O) groups is 2. The Morgan fingerprint density at radius 2 is 1.86 bits per heavy atom. The van der Waals surface area contributed by atoms with Crippen molar-refractivity contribution in [3.8, 4) is 11.3 Å². The topological polar surface area (TPSA) is 76.0 Å². The van der Waals surface area contributed by atoms with Crippen LogP contribution in [0.2, 0.25) is 0 Å². The van der Waals surface area contributed by atoms with Crippen molar-refractivity contribution in [2.45, 2.75) is 26.3 Å². The molecule has 1 aliphatic rings. The van der Waals surface area contributed by atoms with E-state index in [1.54, 1.807) is 0 Å². The Morgan fingerprint density at radius 1 is 1.14 bits per heavy atom. The molecule has 0 saturated heterocycles. The third-order valence-electron chi connectivity index (χ3n) is 4.89. The van der Waals surface area contributed by atoms with Crippen molar-refractivity contribution < 1.29 is 18.4 Å². The summed E-state index contributed by atoms with van der Waals surface area (Å²) in [5, 5.41) is 9.87. The number of hydrogen-bond acceptors (Lipinski definition) is 3. The fourth-order valence-electron chi connectivity index (χ4n) is 3.33. The average molecular weight is 396 g/mol. The summed E-state index contributed by atoms with van der Waals surface area (Å²) in [6, 6.07) is 9.93. The van der Waals surface area contributed by atoms with Crippen LogP contribution < -0.4 is 10.6 Å². The van der Waals surface area contributed by atoms with E-state index >= 15 is 0 Å². The molecule has 8 heteroatoms. The molecule has 4 rings (SSSR count). The van der Waals surface area contributed by atoms with E-state index in [0.29, 0.717) is 11.5 Å². The largest absolute Gasteiger partial charge is 0.324 e. The summed E-state index contributed by atoms with van der Waals surface area (Å²) in [7, 11) is 0. The third kappa shape index (κ3) is 3.49. The SMILES string of the molecule is Cc1ccc(-c2nn3c(c2C)NC(=O)CC3C(=O)Nc2ccc(F)c(F)c2)cc1. The first-order chi connectivity index (χ1) is 13.8. The van der Waals surface area contributed by atoms with E-state index in [1.807, 2.05) is 38.1 Å². The number of halogens is 2. The van der Waals surface area contributed by atoms with Gasteiger partial charge in [0.2, 0.25) is 11.8 Å². The van der Waals surface area contributed by atoms with E-state index in [0.717, 1.165) is 28.8 Å². The molecule has 29 heavy (non-hydrogen) atoms. The van der Waals surface area contributed by atoms with Crippen molar-refractivity contribution >= 4 is 23.3 Å². The third-order valence-corrected chi connectivity index (χ3v) is 4.89. The number of anilines is 2. The molecule has 1 aliphatic heterocycles. The number of aryl methyl sites for hydroxylation is 1. The Morgan fingerprint density at radius 3 is 2.55 bits per heavy atom. The highest BCUT2D eigenvalue weighted by Crippen LogP contribution is 2.34. The van der Waals surface area contributed by atoms with E-state index in [9.17, 15) is 18.4 Å². The second-order valence-corrected chi connectivity index (χ2v) is 7.02. The summed E-state index contributed by atoms with van der Waals surface area (Å²) >= 11 is 0. The Kier molecular flexibility index (Phi) is 4.62. The van der Waals surface area contributed by atoms with Crippen LogP contribution in [0, 0.1) is 25.5 Å². The highest BCUT2D eigenvalue weighted by Gasteiger charge is 2.34. The van der Waals surface area contributed by atoms with Gasteiger partial charge in [0.05, 0.1) is 12.1 Å². The smallest absolute Gasteiger partial charge is 0.249 e. The molecule has 2 heterocycles. The summed E-state index contributed by atoms with van der Waals surface area (Å²) < 4.78 is 28.0. The lowest BCUT2D eigenvalue weighted by Crippen LogP contribution is -2.36. The molecule has 3 aromatic rings. The number of nitrogens with one attached hydrogen (secondary N) is 2. The molecule has 2 aromatic carbocycles. The molecule has 148 valence electrons. The van der Waals surface area contributed by atoms with Gasteiger partial charge in [-0.1, -0.05) is 29.8 Å². The normalized spacial score (nSPS) is 15.6. The molecule has 0 fully saturated rings. The van der Waals surface area contributed by atoms with E-state index < -0.39 is 23.6 Å². The van der Waals surface area contributed by atoms with Crippen LogP contribution in [0.25, 0.3) is 11.3 Å². The molecular weight excluding hydrogens is 378 g/mol. The van der Waals surface area contributed by atoms with Crippen LogP contribution >= 0.6 is 0 Å². The molecule has 2 amide bonds. The standard InChI is InChI=1S/C21H18F2N4O2/c1-11-3-5-13(6-4-11)19-12(2)20-25-18(28)10-17(27(20)26-19)21(29)24-14-7-8-15(22)16(23)9-14/h3-9,17H,10H2,1-2H3,(H,24,29)(H,25,28). The molecule has 0 spiro atoms.